The number of carbonyl (C=O) groups is 1. The average Bonchev–Trinajstić information content (AvgIpc) is 3.08. The maximum Gasteiger partial charge on any atom is 0.239 e. The monoisotopic (exact) mass is 353 g/mol. The van der Waals surface area contributed by atoms with Crippen molar-refractivity contribution in [3.05, 3.63) is 36.9 Å². The Labute approximate surface area is 140 Å². The summed E-state index contributed by atoms with van der Waals surface area (Å²) in [5.41, 5.74) is 1.34. The van der Waals surface area contributed by atoms with Gasteiger partial charge in [0.1, 0.15) is 12.7 Å². The summed E-state index contributed by atoms with van der Waals surface area (Å²) in [6, 6.07) is 6.90. The molecule has 0 saturated heterocycles. The summed E-state index contributed by atoms with van der Waals surface area (Å²) < 4.78 is 32.2. The van der Waals surface area contributed by atoms with Crippen molar-refractivity contribution in [3.63, 3.8) is 0 Å². The average molecular weight is 353 g/mol. The van der Waals surface area contributed by atoms with E-state index in [-0.39, 0.29) is 12.3 Å². The predicted molar refractivity (Wildman–Crippen MR) is 88.2 cm³/mol. The Morgan fingerprint density at radius 3 is 2.62 bits per heavy atom. The standard InChI is InChI=1S/C14H19N5O4S/c1-11(23-2)8-24(21,22)17-7-14(20)18-12-3-5-13(6-4-12)19-10-15-9-16-19/h3-6,9-11,17H,7-8H2,1-2H3,(H,18,20)/t11-/m1/s1. The van der Waals surface area contributed by atoms with Gasteiger partial charge in [-0.25, -0.2) is 22.8 Å². The van der Waals surface area contributed by atoms with Gasteiger partial charge in [0.15, 0.2) is 0 Å². The van der Waals surface area contributed by atoms with Gasteiger partial charge in [0, 0.05) is 12.8 Å². The van der Waals surface area contributed by atoms with Crippen LogP contribution in [0.4, 0.5) is 5.69 Å². The first-order chi connectivity index (χ1) is 11.4. The molecule has 0 bridgehead atoms. The topological polar surface area (TPSA) is 115 Å². The molecule has 9 nitrogen and oxygen atoms in total. The van der Waals surface area contributed by atoms with E-state index in [2.05, 4.69) is 20.1 Å². The van der Waals surface area contributed by atoms with E-state index in [1.807, 2.05) is 0 Å². The van der Waals surface area contributed by atoms with E-state index >= 15 is 0 Å². The summed E-state index contributed by atoms with van der Waals surface area (Å²) in [7, 11) is -2.14. The van der Waals surface area contributed by atoms with Crippen molar-refractivity contribution in [3.8, 4) is 5.69 Å². The number of ether oxygens (including phenoxy) is 1. The van der Waals surface area contributed by atoms with Crippen molar-refractivity contribution >= 4 is 21.6 Å². The molecule has 0 aliphatic heterocycles. The van der Waals surface area contributed by atoms with Crippen LogP contribution in [0.2, 0.25) is 0 Å². The third-order valence-corrected chi connectivity index (χ3v) is 4.64. The summed E-state index contributed by atoms with van der Waals surface area (Å²) in [6.07, 6.45) is 2.53. The number of carbonyl (C=O) groups excluding carboxylic acids is 1. The van der Waals surface area contributed by atoms with E-state index in [4.69, 9.17) is 4.74 Å². The molecule has 10 heteroatoms. The van der Waals surface area contributed by atoms with E-state index in [0.717, 1.165) is 5.69 Å². The summed E-state index contributed by atoms with van der Waals surface area (Å²) in [5, 5.41) is 6.61. The summed E-state index contributed by atoms with van der Waals surface area (Å²) in [6.45, 7) is 1.29. The zero-order valence-electron chi connectivity index (χ0n) is 13.3. The predicted octanol–water partition coefficient (Wildman–Crippen LogP) is 0.160. The number of anilines is 1. The quantitative estimate of drug-likeness (QED) is 0.698. The van der Waals surface area contributed by atoms with E-state index < -0.39 is 22.0 Å². The number of methoxy groups -OCH3 is 1. The first-order valence-corrected chi connectivity index (χ1v) is 8.80. The number of rotatable bonds is 8. The molecule has 0 spiro atoms. The van der Waals surface area contributed by atoms with E-state index in [0.29, 0.717) is 5.69 Å². The van der Waals surface area contributed by atoms with Crippen LogP contribution in [-0.4, -0.2) is 54.6 Å². The largest absolute Gasteiger partial charge is 0.381 e. The van der Waals surface area contributed by atoms with Crippen molar-refractivity contribution in [1.29, 1.82) is 0 Å². The Morgan fingerprint density at radius 2 is 2.04 bits per heavy atom. The number of hydrogen-bond acceptors (Lipinski definition) is 6. The number of nitrogens with zero attached hydrogens (tertiary/aromatic N) is 3. The van der Waals surface area contributed by atoms with Gasteiger partial charge >= 0.3 is 0 Å². The van der Waals surface area contributed by atoms with E-state index in [9.17, 15) is 13.2 Å². The zero-order chi connectivity index (χ0) is 17.6. The molecule has 130 valence electrons. The van der Waals surface area contributed by atoms with Crippen molar-refractivity contribution in [1.82, 2.24) is 19.5 Å². The van der Waals surface area contributed by atoms with Crippen LogP contribution in [0.25, 0.3) is 5.69 Å². The van der Waals surface area contributed by atoms with Gasteiger partial charge in [-0.15, -0.1) is 0 Å². The second-order valence-electron chi connectivity index (χ2n) is 5.08. The van der Waals surface area contributed by atoms with Crippen LogP contribution in [-0.2, 0) is 19.6 Å². The van der Waals surface area contributed by atoms with Crippen LogP contribution in [0, 0.1) is 0 Å². The Kier molecular flexibility index (Phi) is 6.01. The number of amides is 1. The van der Waals surface area contributed by atoms with Crippen LogP contribution >= 0.6 is 0 Å². The van der Waals surface area contributed by atoms with Crippen LogP contribution in [0.15, 0.2) is 36.9 Å². The fraction of sp³-hybridized carbons (Fsp3) is 0.357. The number of hydrogen-bond donors (Lipinski definition) is 2. The Bertz CT molecular complexity index is 759. The highest BCUT2D eigenvalue weighted by atomic mass is 32.2. The second kappa shape index (κ2) is 7.99. The molecule has 24 heavy (non-hydrogen) atoms. The van der Waals surface area contributed by atoms with Gasteiger partial charge in [-0.05, 0) is 31.2 Å². The highest BCUT2D eigenvalue weighted by molar-refractivity contribution is 7.89. The number of benzene rings is 1. The van der Waals surface area contributed by atoms with Gasteiger partial charge in [-0.3, -0.25) is 4.79 Å². The highest BCUT2D eigenvalue weighted by Crippen LogP contribution is 2.11. The molecule has 0 saturated carbocycles. The summed E-state index contributed by atoms with van der Waals surface area (Å²) in [5.74, 6) is -0.666. The molecule has 0 radical (unpaired) electrons. The van der Waals surface area contributed by atoms with Crippen LogP contribution in [0.5, 0.6) is 0 Å². The lowest BCUT2D eigenvalue weighted by Crippen LogP contribution is -2.37. The highest BCUT2D eigenvalue weighted by Gasteiger charge is 2.16. The van der Waals surface area contributed by atoms with E-state index in [1.54, 1.807) is 42.2 Å². The van der Waals surface area contributed by atoms with E-state index in [1.165, 1.54) is 13.4 Å². The van der Waals surface area contributed by atoms with Crippen molar-refractivity contribution in [2.75, 3.05) is 24.7 Å². The maximum absolute atomic E-state index is 11.8. The Morgan fingerprint density at radius 1 is 1.33 bits per heavy atom. The molecule has 1 atom stereocenters. The molecule has 1 amide bonds. The lowest BCUT2D eigenvalue weighted by atomic mass is 10.3. The molecule has 0 unspecified atom stereocenters. The minimum absolute atomic E-state index is 0.205. The molecule has 1 aromatic carbocycles. The van der Waals surface area contributed by atoms with Gasteiger partial charge < -0.3 is 10.1 Å². The van der Waals surface area contributed by atoms with Gasteiger partial charge in [-0.2, -0.15) is 5.10 Å². The third-order valence-electron chi connectivity index (χ3n) is 3.14. The molecule has 0 fully saturated rings. The van der Waals surface area contributed by atoms with Crippen molar-refractivity contribution < 1.29 is 17.9 Å². The maximum atomic E-state index is 11.8. The first-order valence-electron chi connectivity index (χ1n) is 7.14. The lowest BCUT2D eigenvalue weighted by Gasteiger charge is -2.11. The van der Waals surface area contributed by atoms with Gasteiger partial charge in [0.05, 0.1) is 24.1 Å². The smallest absolute Gasteiger partial charge is 0.239 e. The zero-order valence-corrected chi connectivity index (χ0v) is 14.2. The minimum atomic E-state index is -3.57. The van der Waals surface area contributed by atoms with Gasteiger partial charge in [0.2, 0.25) is 15.9 Å². The SMILES string of the molecule is CO[C@H](C)CS(=O)(=O)NCC(=O)Nc1ccc(-n2cncn2)cc1. The number of sulfonamides is 1. The molecule has 1 heterocycles. The van der Waals surface area contributed by atoms with Crippen LogP contribution < -0.4 is 10.0 Å². The first kappa shape index (κ1) is 18.0. The molecule has 2 aromatic rings. The normalized spacial score (nSPS) is 12.8. The molecular weight excluding hydrogens is 334 g/mol. The van der Waals surface area contributed by atoms with Crippen LogP contribution in [0.3, 0.4) is 0 Å². The molecule has 1 aromatic heterocycles. The van der Waals surface area contributed by atoms with Crippen LogP contribution in [0.1, 0.15) is 6.92 Å². The number of aromatic nitrogens is 3. The molecule has 0 aliphatic rings. The molecule has 2 N–H and O–H groups in total. The fourth-order valence-corrected chi connectivity index (χ4v) is 3.08. The molecule has 2 rings (SSSR count). The number of nitrogens with one attached hydrogen (secondary N) is 2. The minimum Gasteiger partial charge on any atom is -0.381 e. The summed E-state index contributed by atoms with van der Waals surface area (Å²) in [4.78, 5) is 15.7. The van der Waals surface area contributed by atoms with Crippen molar-refractivity contribution in [2.24, 2.45) is 0 Å². The summed E-state index contributed by atoms with van der Waals surface area (Å²) >= 11 is 0. The van der Waals surface area contributed by atoms with Gasteiger partial charge in [0.25, 0.3) is 0 Å². The molecular formula is C14H19N5O4S. The third kappa shape index (κ3) is 5.41. The van der Waals surface area contributed by atoms with Crippen molar-refractivity contribution in [2.45, 2.75) is 13.0 Å². The Balaban J connectivity index is 1.86. The van der Waals surface area contributed by atoms with Gasteiger partial charge in [-0.1, -0.05) is 0 Å². The fourth-order valence-electron chi connectivity index (χ4n) is 1.86. The molecule has 0 aliphatic carbocycles. The Hall–Kier alpha value is -2.30. The second-order valence-corrected chi connectivity index (χ2v) is 6.94. The lowest BCUT2D eigenvalue weighted by molar-refractivity contribution is -0.115.